The number of nitrogens with one attached hydrogen (secondary N) is 1. The standard InChI is InChI=1S/C13H28N2O/c1-10-11(6-7-16-10)8-15-9-12(2,3)13(4,5)14/h10-11,15H,6-9,14H2,1-5H3. The fourth-order valence-electron chi connectivity index (χ4n) is 1.84. The van der Waals surface area contributed by atoms with Crippen LogP contribution in [-0.2, 0) is 4.74 Å². The Morgan fingerprint density at radius 1 is 1.31 bits per heavy atom. The first-order valence-corrected chi connectivity index (χ1v) is 6.35. The van der Waals surface area contributed by atoms with Gasteiger partial charge < -0.3 is 15.8 Å². The van der Waals surface area contributed by atoms with Gasteiger partial charge in [0, 0.05) is 25.2 Å². The topological polar surface area (TPSA) is 47.3 Å². The largest absolute Gasteiger partial charge is 0.378 e. The highest BCUT2D eigenvalue weighted by molar-refractivity contribution is 4.91. The summed E-state index contributed by atoms with van der Waals surface area (Å²) in [5.41, 5.74) is 6.12. The van der Waals surface area contributed by atoms with E-state index in [9.17, 15) is 0 Å². The van der Waals surface area contributed by atoms with Crippen LogP contribution in [0.1, 0.15) is 41.0 Å². The molecule has 0 aromatic carbocycles. The molecule has 0 saturated carbocycles. The quantitative estimate of drug-likeness (QED) is 0.754. The third-order valence-electron chi connectivity index (χ3n) is 4.25. The van der Waals surface area contributed by atoms with Gasteiger partial charge in [-0.05, 0) is 38.5 Å². The third kappa shape index (κ3) is 3.44. The molecule has 96 valence electrons. The molecule has 0 aliphatic carbocycles. The first kappa shape index (κ1) is 13.9. The van der Waals surface area contributed by atoms with E-state index in [0.29, 0.717) is 12.0 Å². The van der Waals surface area contributed by atoms with E-state index in [-0.39, 0.29) is 11.0 Å². The van der Waals surface area contributed by atoms with Gasteiger partial charge in [0.25, 0.3) is 0 Å². The number of ether oxygens (including phenoxy) is 1. The Hall–Kier alpha value is -0.120. The van der Waals surface area contributed by atoms with Gasteiger partial charge in [0.1, 0.15) is 0 Å². The minimum atomic E-state index is -0.155. The highest BCUT2D eigenvalue weighted by Crippen LogP contribution is 2.27. The van der Waals surface area contributed by atoms with Crippen molar-refractivity contribution in [1.82, 2.24) is 5.32 Å². The zero-order valence-corrected chi connectivity index (χ0v) is 11.5. The fourth-order valence-corrected chi connectivity index (χ4v) is 1.84. The molecule has 0 aromatic heterocycles. The van der Waals surface area contributed by atoms with E-state index in [0.717, 1.165) is 19.7 Å². The van der Waals surface area contributed by atoms with Crippen LogP contribution in [0.25, 0.3) is 0 Å². The molecule has 2 atom stereocenters. The zero-order chi connectivity index (χ0) is 12.4. The molecule has 16 heavy (non-hydrogen) atoms. The summed E-state index contributed by atoms with van der Waals surface area (Å²) in [6.07, 6.45) is 1.59. The SMILES string of the molecule is CC1OCCC1CNCC(C)(C)C(C)(C)N. The van der Waals surface area contributed by atoms with Crippen LogP contribution in [0, 0.1) is 11.3 Å². The predicted molar refractivity (Wildman–Crippen MR) is 68.4 cm³/mol. The Kier molecular flexibility index (Phi) is 4.38. The second-order valence-electron chi connectivity index (χ2n) is 6.36. The Bertz CT molecular complexity index is 220. The van der Waals surface area contributed by atoms with Gasteiger partial charge in [-0.2, -0.15) is 0 Å². The summed E-state index contributed by atoms with van der Waals surface area (Å²) in [5, 5.41) is 3.54. The Morgan fingerprint density at radius 2 is 1.94 bits per heavy atom. The van der Waals surface area contributed by atoms with Crippen molar-refractivity contribution in [3.05, 3.63) is 0 Å². The Balaban J connectivity index is 2.30. The molecule has 1 saturated heterocycles. The number of rotatable bonds is 5. The second kappa shape index (κ2) is 5.03. The molecule has 3 heteroatoms. The molecule has 0 bridgehead atoms. The molecular weight excluding hydrogens is 200 g/mol. The second-order valence-corrected chi connectivity index (χ2v) is 6.36. The number of hydrogen-bond acceptors (Lipinski definition) is 3. The molecule has 1 fully saturated rings. The predicted octanol–water partition coefficient (Wildman–Crippen LogP) is 1.76. The molecule has 3 nitrogen and oxygen atoms in total. The van der Waals surface area contributed by atoms with Gasteiger partial charge in [-0.3, -0.25) is 0 Å². The summed E-state index contributed by atoms with van der Waals surface area (Å²) >= 11 is 0. The van der Waals surface area contributed by atoms with Gasteiger partial charge in [-0.15, -0.1) is 0 Å². The average Bonchev–Trinajstić information content (AvgIpc) is 2.49. The highest BCUT2D eigenvalue weighted by Gasteiger charge is 2.33. The highest BCUT2D eigenvalue weighted by atomic mass is 16.5. The van der Waals surface area contributed by atoms with E-state index in [4.69, 9.17) is 10.5 Å². The maximum absolute atomic E-state index is 6.17. The van der Waals surface area contributed by atoms with Crippen LogP contribution < -0.4 is 11.1 Å². The van der Waals surface area contributed by atoms with Crippen LogP contribution in [0.5, 0.6) is 0 Å². The van der Waals surface area contributed by atoms with Crippen LogP contribution in [-0.4, -0.2) is 31.3 Å². The van der Waals surface area contributed by atoms with Crippen LogP contribution >= 0.6 is 0 Å². The van der Waals surface area contributed by atoms with Crippen molar-refractivity contribution in [2.75, 3.05) is 19.7 Å². The summed E-state index contributed by atoms with van der Waals surface area (Å²) in [7, 11) is 0. The van der Waals surface area contributed by atoms with E-state index in [1.54, 1.807) is 0 Å². The van der Waals surface area contributed by atoms with Crippen molar-refractivity contribution < 1.29 is 4.74 Å². The van der Waals surface area contributed by atoms with Crippen molar-refractivity contribution >= 4 is 0 Å². The molecule has 2 unspecified atom stereocenters. The van der Waals surface area contributed by atoms with Crippen LogP contribution in [0.15, 0.2) is 0 Å². The van der Waals surface area contributed by atoms with E-state index in [1.807, 2.05) is 0 Å². The van der Waals surface area contributed by atoms with Gasteiger partial charge in [-0.25, -0.2) is 0 Å². The fraction of sp³-hybridized carbons (Fsp3) is 1.00. The first-order chi connectivity index (χ1) is 7.24. The molecule has 3 N–H and O–H groups in total. The molecular formula is C13H28N2O. The minimum absolute atomic E-state index is 0.107. The van der Waals surface area contributed by atoms with E-state index >= 15 is 0 Å². The van der Waals surface area contributed by atoms with Crippen molar-refractivity contribution in [3.8, 4) is 0 Å². The summed E-state index contributed by atoms with van der Waals surface area (Å²) < 4.78 is 5.55. The van der Waals surface area contributed by atoms with Crippen LogP contribution in [0.2, 0.25) is 0 Å². The van der Waals surface area contributed by atoms with Gasteiger partial charge >= 0.3 is 0 Å². The van der Waals surface area contributed by atoms with Crippen molar-refractivity contribution in [2.24, 2.45) is 17.1 Å². The lowest BCUT2D eigenvalue weighted by Gasteiger charge is -2.39. The summed E-state index contributed by atoms with van der Waals surface area (Å²) in [5.74, 6) is 0.664. The molecule has 1 rings (SSSR count). The van der Waals surface area contributed by atoms with E-state index in [1.165, 1.54) is 6.42 Å². The van der Waals surface area contributed by atoms with Gasteiger partial charge in [0.05, 0.1) is 6.10 Å². The lowest BCUT2D eigenvalue weighted by atomic mass is 9.75. The van der Waals surface area contributed by atoms with Gasteiger partial charge in [0.15, 0.2) is 0 Å². The monoisotopic (exact) mass is 228 g/mol. The van der Waals surface area contributed by atoms with Gasteiger partial charge in [-0.1, -0.05) is 13.8 Å². The summed E-state index contributed by atoms with van der Waals surface area (Å²) in [4.78, 5) is 0. The summed E-state index contributed by atoms with van der Waals surface area (Å²) in [6.45, 7) is 13.7. The lowest BCUT2D eigenvalue weighted by molar-refractivity contribution is 0.103. The van der Waals surface area contributed by atoms with Gasteiger partial charge in [0.2, 0.25) is 0 Å². The maximum Gasteiger partial charge on any atom is 0.0588 e. The Morgan fingerprint density at radius 3 is 2.38 bits per heavy atom. The number of hydrogen-bond donors (Lipinski definition) is 2. The normalized spacial score (nSPS) is 27.4. The lowest BCUT2D eigenvalue weighted by Crippen LogP contribution is -2.52. The molecule has 1 heterocycles. The molecule has 1 aliphatic heterocycles. The van der Waals surface area contributed by atoms with E-state index in [2.05, 4.69) is 39.9 Å². The van der Waals surface area contributed by atoms with Crippen LogP contribution in [0.4, 0.5) is 0 Å². The van der Waals surface area contributed by atoms with Crippen molar-refractivity contribution in [3.63, 3.8) is 0 Å². The average molecular weight is 228 g/mol. The smallest absolute Gasteiger partial charge is 0.0588 e. The molecule has 0 aromatic rings. The van der Waals surface area contributed by atoms with E-state index < -0.39 is 0 Å². The molecule has 0 radical (unpaired) electrons. The molecule has 1 aliphatic rings. The van der Waals surface area contributed by atoms with Crippen molar-refractivity contribution in [1.29, 1.82) is 0 Å². The van der Waals surface area contributed by atoms with Crippen molar-refractivity contribution in [2.45, 2.75) is 52.7 Å². The van der Waals surface area contributed by atoms with Crippen LogP contribution in [0.3, 0.4) is 0 Å². The first-order valence-electron chi connectivity index (χ1n) is 6.35. The maximum atomic E-state index is 6.17. The zero-order valence-electron chi connectivity index (χ0n) is 11.5. The molecule has 0 spiro atoms. The Labute approximate surface area is 100 Å². The minimum Gasteiger partial charge on any atom is -0.378 e. The third-order valence-corrected chi connectivity index (χ3v) is 4.25. The molecule has 0 amide bonds. The number of nitrogens with two attached hydrogens (primary N) is 1. The summed E-state index contributed by atoms with van der Waals surface area (Å²) in [6, 6.07) is 0.